The van der Waals surface area contributed by atoms with Gasteiger partial charge in [-0.25, -0.2) is 8.78 Å². The Morgan fingerprint density at radius 2 is 1.10 bits per heavy atom. The highest BCUT2D eigenvalue weighted by Crippen LogP contribution is 2.27. The first-order chi connectivity index (χ1) is 14.1. The normalized spacial score (nSPS) is 11.0. The minimum absolute atomic E-state index is 0.334. The smallest absolute Gasteiger partial charge is 0.166 e. The fourth-order valence-electron chi connectivity index (χ4n) is 3.67. The predicted octanol–water partition coefficient (Wildman–Crippen LogP) is 7.71. The molecule has 0 spiro atoms. The van der Waals surface area contributed by atoms with E-state index in [1.54, 1.807) is 12.1 Å². The fraction of sp³-hybridized carbons (Fsp3) is 0.333. The minimum Gasteiger partial charge on any atom is -0.203 e. The van der Waals surface area contributed by atoms with Crippen LogP contribution in [0.4, 0.5) is 8.78 Å². The van der Waals surface area contributed by atoms with Crippen molar-refractivity contribution in [1.82, 2.24) is 0 Å². The van der Waals surface area contributed by atoms with E-state index in [1.807, 2.05) is 31.2 Å². The molecule has 0 radical (unpaired) electrons. The van der Waals surface area contributed by atoms with Crippen LogP contribution in [0.2, 0.25) is 0 Å². The van der Waals surface area contributed by atoms with Gasteiger partial charge in [0.1, 0.15) is 0 Å². The van der Waals surface area contributed by atoms with Gasteiger partial charge in [-0.2, -0.15) is 0 Å². The first-order valence-electron chi connectivity index (χ1n) is 10.8. The molecule has 0 saturated carbocycles. The fourth-order valence-corrected chi connectivity index (χ4v) is 3.67. The molecule has 0 aliphatic carbocycles. The monoisotopic (exact) mass is 392 g/mol. The van der Waals surface area contributed by atoms with Gasteiger partial charge in [0.2, 0.25) is 0 Å². The molecule has 0 N–H and O–H groups in total. The van der Waals surface area contributed by atoms with Gasteiger partial charge in [-0.1, -0.05) is 87.4 Å². The first kappa shape index (κ1) is 21.2. The average Bonchev–Trinajstić information content (AvgIpc) is 2.75. The van der Waals surface area contributed by atoms with Crippen molar-refractivity contribution in [2.75, 3.05) is 0 Å². The van der Waals surface area contributed by atoms with Crippen LogP contribution < -0.4 is 0 Å². The van der Waals surface area contributed by atoms with E-state index in [0.717, 1.165) is 44.1 Å². The van der Waals surface area contributed by atoms with E-state index in [0.29, 0.717) is 17.5 Å². The molecule has 0 amide bonds. The van der Waals surface area contributed by atoms with Crippen LogP contribution in [0.25, 0.3) is 11.1 Å². The Morgan fingerprint density at radius 3 is 1.66 bits per heavy atom. The molecular formula is C27H30F2. The van der Waals surface area contributed by atoms with Gasteiger partial charge < -0.3 is 0 Å². The van der Waals surface area contributed by atoms with Crippen LogP contribution in [0.5, 0.6) is 0 Å². The average molecular weight is 393 g/mol. The predicted molar refractivity (Wildman–Crippen MR) is 118 cm³/mol. The maximum Gasteiger partial charge on any atom is 0.166 e. The van der Waals surface area contributed by atoms with Crippen LogP contribution in [0.1, 0.15) is 55.4 Å². The lowest BCUT2D eigenvalue weighted by atomic mass is 9.97. The summed E-state index contributed by atoms with van der Waals surface area (Å²) in [5.74, 6) is -1.44. The van der Waals surface area contributed by atoms with Gasteiger partial charge in [-0.3, -0.25) is 0 Å². The van der Waals surface area contributed by atoms with Gasteiger partial charge >= 0.3 is 0 Å². The van der Waals surface area contributed by atoms with Gasteiger partial charge in [0, 0.05) is 5.56 Å². The van der Waals surface area contributed by atoms with E-state index in [1.165, 1.54) is 16.7 Å². The standard InChI is InChI=1S/C27H30F2/c1-3-5-7-24-18-19-25(27(29)26(24)28)23-16-14-22(15-17-23)13-12-21-10-8-20(6-4-2)9-11-21/h8-11,14-19H,3-7,12-13H2,1-2H3. The molecule has 0 heterocycles. The molecule has 0 aromatic heterocycles. The summed E-state index contributed by atoms with van der Waals surface area (Å²) in [7, 11) is 0. The summed E-state index contributed by atoms with van der Waals surface area (Å²) in [6, 6.07) is 20.1. The molecule has 2 heteroatoms. The van der Waals surface area contributed by atoms with Gasteiger partial charge in [-0.15, -0.1) is 0 Å². The summed E-state index contributed by atoms with van der Waals surface area (Å²) in [6.07, 6.45) is 6.61. The lowest BCUT2D eigenvalue weighted by molar-refractivity contribution is 0.499. The third kappa shape index (κ3) is 5.53. The summed E-state index contributed by atoms with van der Waals surface area (Å²) in [5, 5.41) is 0. The molecule has 0 nitrogen and oxygen atoms in total. The molecule has 0 fully saturated rings. The summed E-state index contributed by atoms with van der Waals surface area (Å²) >= 11 is 0. The van der Waals surface area contributed by atoms with Crippen LogP contribution in [-0.2, 0) is 25.7 Å². The summed E-state index contributed by atoms with van der Waals surface area (Å²) < 4.78 is 28.9. The van der Waals surface area contributed by atoms with Gasteiger partial charge in [0.15, 0.2) is 11.6 Å². The van der Waals surface area contributed by atoms with Gasteiger partial charge in [-0.05, 0) is 59.9 Å². The van der Waals surface area contributed by atoms with Crippen molar-refractivity contribution in [2.24, 2.45) is 0 Å². The third-order valence-electron chi connectivity index (χ3n) is 5.49. The van der Waals surface area contributed by atoms with E-state index in [2.05, 4.69) is 31.2 Å². The quantitative estimate of drug-likeness (QED) is 0.350. The molecule has 29 heavy (non-hydrogen) atoms. The summed E-state index contributed by atoms with van der Waals surface area (Å²) in [4.78, 5) is 0. The number of hydrogen-bond donors (Lipinski definition) is 0. The van der Waals surface area contributed by atoms with E-state index >= 15 is 0 Å². The van der Waals surface area contributed by atoms with Crippen LogP contribution in [0.15, 0.2) is 60.7 Å². The minimum atomic E-state index is -0.737. The highest BCUT2D eigenvalue weighted by Gasteiger charge is 2.14. The van der Waals surface area contributed by atoms with Crippen molar-refractivity contribution < 1.29 is 8.78 Å². The molecule has 3 aromatic rings. The van der Waals surface area contributed by atoms with Gasteiger partial charge in [0.05, 0.1) is 0 Å². The first-order valence-corrected chi connectivity index (χ1v) is 10.8. The number of hydrogen-bond acceptors (Lipinski definition) is 0. The molecule has 152 valence electrons. The zero-order valence-electron chi connectivity index (χ0n) is 17.5. The second-order valence-corrected chi connectivity index (χ2v) is 7.77. The maximum atomic E-state index is 14.6. The van der Waals surface area contributed by atoms with Crippen LogP contribution in [0.3, 0.4) is 0 Å². The molecule has 0 unspecified atom stereocenters. The SMILES string of the molecule is CCCCc1ccc(-c2ccc(CCc3ccc(CCC)cc3)cc2)c(F)c1F. The number of benzene rings is 3. The number of unbranched alkanes of at least 4 members (excludes halogenated alkanes) is 1. The molecule has 0 aliphatic heterocycles. The lowest BCUT2D eigenvalue weighted by Gasteiger charge is -2.10. The second-order valence-electron chi connectivity index (χ2n) is 7.77. The van der Waals surface area contributed by atoms with E-state index < -0.39 is 11.6 Å². The van der Waals surface area contributed by atoms with Crippen molar-refractivity contribution >= 4 is 0 Å². The van der Waals surface area contributed by atoms with Crippen molar-refractivity contribution in [3.8, 4) is 11.1 Å². The van der Waals surface area contributed by atoms with E-state index in [-0.39, 0.29) is 0 Å². The summed E-state index contributed by atoms with van der Waals surface area (Å²) in [5.41, 5.74) is 5.43. The molecule has 0 saturated heterocycles. The van der Waals surface area contributed by atoms with E-state index in [9.17, 15) is 8.78 Å². The second kappa shape index (κ2) is 10.3. The highest BCUT2D eigenvalue weighted by molar-refractivity contribution is 5.65. The number of halogens is 2. The zero-order valence-corrected chi connectivity index (χ0v) is 17.5. The molecule has 0 atom stereocenters. The Balaban J connectivity index is 1.66. The van der Waals surface area contributed by atoms with Gasteiger partial charge in [0.25, 0.3) is 0 Å². The Morgan fingerprint density at radius 1 is 0.552 bits per heavy atom. The van der Waals surface area contributed by atoms with Crippen molar-refractivity contribution in [3.63, 3.8) is 0 Å². The van der Waals surface area contributed by atoms with Crippen LogP contribution >= 0.6 is 0 Å². The zero-order chi connectivity index (χ0) is 20.6. The third-order valence-corrected chi connectivity index (χ3v) is 5.49. The van der Waals surface area contributed by atoms with Crippen LogP contribution in [0, 0.1) is 11.6 Å². The number of aryl methyl sites for hydroxylation is 4. The Labute approximate surface area is 173 Å². The Hall–Kier alpha value is -2.48. The summed E-state index contributed by atoms with van der Waals surface area (Å²) in [6.45, 7) is 4.24. The Kier molecular flexibility index (Phi) is 7.57. The van der Waals surface area contributed by atoms with E-state index in [4.69, 9.17) is 0 Å². The molecule has 3 rings (SSSR count). The highest BCUT2D eigenvalue weighted by atomic mass is 19.2. The maximum absolute atomic E-state index is 14.6. The lowest BCUT2D eigenvalue weighted by Crippen LogP contribution is -1.98. The van der Waals surface area contributed by atoms with Crippen LogP contribution in [-0.4, -0.2) is 0 Å². The topological polar surface area (TPSA) is 0 Å². The molecule has 3 aromatic carbocycles. The van der Waals surface area contributed by atoms with Crippen molar-refractivity contribution in [2.45, 2.75) is 58.8 Å². The largest absolute Gasteiger partial charge is 0.203 e. The molecular weight excluding hydrogens is 362 g/mol. The van der Waals surface area contributed by atoms with Crippen molar-refractivity contribution in [3.05, 3.63) is 94.6 Å². The molecule has 0 bridgehead atoms. The Bertz CT molecular complexity index is 909. The number of rotatable bonds is 9. The van der Waals surface area contributed by atoms with Crippen molar-refractivity contribution in [1.29, 1.82) is 0 Å². The molecule has 0 aliphatic rings.